The molecule has 0 amide bonds. The van der Waals surface area contributed by atoms with Gasteiger partial charge in [0.1, 0.15) is 31.5 Å². The van der Waals surface area contributed by atoms with Crippen molar-refractivity contribution in [3.8, 4) is 0 Å². The maximum Gasteiger partial charge on any atom is 0.472 e. The highest BCUT2D eigenvalue weighted by Gasteiger charge is 2.28. The first kappa shape index (κ1) is 63.2. The van der Waals surface area contributed by atoms with Gasteiger partial charge in [0.15, 0.2) is 0 Å². The maximum atomic E-state index is 12.2. The van der Waals surface area contributed by atoms with Gasteiger partial charge in [-0.25, -0.2) is 9.13 Å². The fourth-order valence-electron chi connectivity index (χ4n) is 5.71. The Labute approximate surface area is 396 Å². The monoisotopic (exact) mass is 975 g/mol. The molecule has 0 aliphatic rings. The Balaban J connectivity index is 4.00. The van der Waals surface area contributed by atoms with E-state index in [1.807, 2.05) is 12.2 Å². The predicted molar refractivity (Wildman–Crippen MR) is 260 cm³/mol. The van der Waals surface area contributed by atoms with Gasteiger partial charge in [-0.15, -0.1) is 0 Å². The van der Waals surface area contributed by atoms with Crippen LogP contribution < -0.4 is 0 Å². The van der Waals surface area contributed by atoms with E-state index in [0.29, 0.717) is 12.8 Å². The quantitative estimate of drug-likeness (QED) is 0.0166. The lowest BCUT2D eigenvalue weighted by molar-refractivity contribution is -0.147. The van der Waals surface area contributed by atoms with Crippen molar-refractivity contribution in [3.63, 3.8) is 0 Å². The summed E-state index contributed by atoms with van der Waals surface area (Å²) in [6, 6.07) is 0. The van der Waals surface area contributed by atoms with Gasteiger partial charge >= 0.3 is 27.6 Å². The smallest absolute Gasteiger partial charge is 0.463 e. The van der Waals surface area contributed by atoms with Gasteiger partial charge in [-0.1, -0.05) is 176 Å². The third-order valence-electron chi connectivity index (χ3n) is 9.40. The third-order valence-corrected chi connectivity index (χ3v) is 11.3. The number of hydrogen-bond donors (Lipinski definition) is 5. The van der Waals surface area contributed by atoms with E-state index in [-0.39, 0.29) is 12.8 Å². The number of unbranched alkanes of at least 4 members (excludes halogenated alkanes) is 12. The molecule has 0 aliphatic heterocycles. The molecule has 0 aromatic carbocycles. The molecular weight excluding hydrogens is 890 g/mol. The van der Waals surface area contributed by atoms with Gasteiger partial charge in [0, 0.05) is 6.42 Å². The van der Waals surface area contributed by atoms with Crippen LogP contribution >= 0.6 is 15.6 Å². The summed E-state index contributed by atoms with van der Waals surface area (Å²) in [5, 5.41) is 30.0. The van der Waals surface area contributed by atoms with Crippen molar-refractivity contribution in [1.29, 1.82) is 0 Å². The number of esters is 2. The number of aliphatic hydroxyl groups is 3. The predicted octanol–water partition coefficient (Wildman–Crippen LogP) is 10.9. The number of carbonyl (C=O) groups excluding carboxylic acids is 2. The van der Waals surface area contributed by atoms with Gasteiger partial charge in [-0.05, 0) is 51.4 Å². The molecule has 0 heterocycles. The highest BCUT2D eigenvalue weighted by Crippen LogP contribution is 2.45. The van der Waals surface area contributed by atoms with Crippen LogP contribution in [0.1, 0.15) is 155 Å². The normalized spacial score (nSPS) is 15.8. The zero-order valence-corrected chi connectivity index (χ0v) is 41.6. The molecule has 0 saturated carbocycles. The van der Waals surface area contributed by atoms with E-state index in [0.717, 1.165) is 57.8 Å². The molecule has 0 bridgehead atoms. The van der Waals surface area contributed by atoms with Crippen molar-refractivity contribution in [3.05, 3.63) is 85.1 Å². The van der Waals surface area contributed by atoms with E-state index in [2.05, 4.69) is 92.7 Å². The Morgan fingerprint density at radius 3 is 1.05 bits per heavy atom. The number of aliphatic hydroxyl groups excluding tert-OH is 3. The second-order valence-corrected chi connectivity index (χ2v) is 18.7. The molecule has 5 atom stereocenters. The van der Waals surface area contributed by atoms with Gasteiger partial charge in [0.2, 0.25) is 0 Å². The molecule has 0 fully saturated rings. The zero-order chi connectivity index (χ0) is 48.8. The Kier molecular flexibility index (Phi) is 42.8. The maximum absolute atomic E-state index is 12.2. The molecule has 0 saturated heterocycles. The van der Waals surface area contributed by atoms with Crippen molar-refractivity contribution < 1.29 is 71.4 Å². The highest BCUT2D eigenvalue weighted by molar-refractivity contribution is 7.47. The van der Waals surface area contributed by atoms with E-state index >= 15 is 0 Å². The van der Waals surface area contributed by atoms with Crippen molar-refractivity contribution in [2.24, 2.45) is 0 Å². The standard InChI is InChI=1S/C49H84O15P2/c1-3-5-7-9-11-13-15-17-18-19-20-21-22-23-24-26-28-30-32-34-36-38-49(54)60-40-46(51)42-62-66(57,58)64-44-47(52)43-63-65(55,56)61-41-45(50)39-59-48(53)37-35-33-31-29-27-25-16-14-12-10-8-6-4-2/h5,7,11,13,17-18,20-21,23-24,28,30,34,36,45-47,50-52H,3-4,6,8-10,12,14-16,19,22,25-27,29,31-33,35,37-44H2,1-2H3,(H,55,56)(H,57,58)/b7-5-,13-11-,18-17-,21-20-,24-23-,30-28-,36-34-. The first-order valence-electron chi connectivity index (χ1n) is 23.9. The minimum absolute atomic E-state index is 0.0425. The second-order valence-electron chi connectivity index (χ2n) is 15.8. The topological polar surface area (TPSA) is 225 Å². The minimum Gasteiger partial charge on any atom is -0.463 e. The van der Waals surface area contributed by atoms with E-state index < -0.39 is 85.5 Å². The van der Waals surface area contributed by atoms with Crippen molar-refractivity contribution in [2.45, 2.75) is 173 Å². The Morgan fingerprint density at radius 2 is 0.697 bits per heavy atom. The summed E-state index contributed by atoms with van der Waals surface area (Å²) in [4.78, 5) is 43.7. The SMILES string of the molecule is CC/C=C\C/C=C\C/C=C\C/C=C\C/C=C\C/C=C\C/C=C\CC(=O)OCC(O)COP(=O)(O)OCC(O)COP(=O)(O)OCC(O)COC(=O)CCCCCCCCCCCCCCC. The van der Waals surface area contributed by atoms with Gasteiger partial charge in [-0.3, -0.25) is 27.7 Å². The first-order valence-corrected chi connectivity index (χ1v) is 26.9. The molecule has 0 aromatic rings. The molecule has 0 aromatic heterocycles. The van der Waals surface area contributed by atoms with E-state index in [1.165, 1.54) is 57.8 Å². The van der Waals surface area contributed by atoms with Crippen LogP contribution in [-0.4, -0.2) is 95.0 Å². The van der Waals surface area contributed by atoms with Crippen LogP contribution in [0.2, 0.25) is 0 Å². The first-order chi connectivity index (χ1) is 31.8. The van der Waals surface area contributed by atoms with E-state index in [1.54, 1.807) is 12.2 Å². The van der Waals surface area contributed by atoms with Crippen LogP contribution in [0.4, 0.5) is 0 Å². The molecule has 5 N–H and O–H groups in total. The summed E-state index contributed by atoms with van der Waals surface area (Å²) in [6.45, 7) is 0.170. The molecular formula is C49H84O15P2. The summed E-state index contributed by atoms with van der Waals surface area (Å²) >= 11 is 0. The number of carbonyl (C=O) groups is 2. The highest BCUT2D eigenvalue weighted by atomic mass is 31.2. The third kappa shape index (κ3) is 46.3. The summed E-state index contributed by atoms with van der Waals surface area (Å²) < 4.78 is 52.8. The molecule has 17 heteroatoms. The summed E-state index contributed by atoms with van der Waals surface area (Å²) in [5.41, 5.74) is 0. The Hall–Kier alpha value is -2.78. The van der Waals surface area contributed by atoms with Crippen LogP contribution in [-0.2, 0) is 46.3 Å². The van der Waals surface area contributed by atoms with Crippen LogP contribution in [0.5, 0.6) is 0 Å². The molecule has 66 heavy (non-hydrogen) atoms. The molecule has 0 spiro atoms. The van der Waals surface area contributed by atoms with Crippen LogP contribution in [0.25, 0.3) is 0 Å². The minimum atomic E-state index is -4.81. The summed E-state index contributed by atoms with van der Waals surface area (Å²) in [6.07, 6.45) is 46.0. The number of hydrogen-bond acceptors (Lipinski definition) is 13. The van der Waals surface area contributed by atoms with Gasteiger partial charge in [0.05, 0.1) is 32.8 Å². The number of phosphoric ester groups is 2. The number of phosphoric acid groups is 2. The van der Waals surface area contributed by atoms with Gasteiger partial charge in [-0.2, -0.15) is 0 Å². The van der Waals surface area contributed by atoms with Crippen LogP contribution in [0.3, 0.4) is 0 Å². The zero-order valence-electron chi connectivity index (χ0n) is 39.8. The van der Waals surface area contributed by atoms with Gasteiger partial charge < -0.3 is 34.6 Å². The van der Waals surface area contributed by atoms with Crippen LogP contribution in [0, 0.1) is 0 Å². The Morgan fingerprint density at radius 1 is 0.409 bits per heavy atom. The molecule has 0 aliphatic carbocycles. The fraction of sp³-hybridized carbons (Fsp3) is 0.673. The molecule has 0 rings (SSSR count). The fourth-order valence-corrected chi connectivity index (χ4v) is 7.30. The van der Waals surface area contributed by atoms with Crippen LogP contribution in [0.15, 0.2) is 85.1 Å². The van der Waals surface area contributed by atoms with E-state index in [4.69, 9.17) is 9.47 Å². The molecule has 380 valence electrons. The van der Waals surface area contributed by atoms with Crippen molar-refractivity contribution in [2.75, 3.05) is 39.6 Å². The number of ether oxygens (including phenoxy) is 2. The van der Waals surface area contributed by atoms with Crippen molar-refractivity contribution in [1.82, 2.24) is 0 Å². The molecule has 5 unspecified atom stereocenters. The van der Waals surface area contributed by atoms with Gasteiger partial charge in [0.25, 0.3) is 0 Å². The molecule has 0 radical (unpaired) electrons. The second kappa shape index (κ2) is 44.7. The Bertz CT molecular complexity index is 1510. The number of allylic oxidation sites excluding steroid dienone is 13. The lowest BCUT2D eigenvalue weighted by atomic mass is 10.0. The summed E-state index contributed by atoms with van der Waals surface area (Å²) in [7, 11) is -9.60. The van der Waals surface area contributed by atoms with Crippen molar-refractivity contribution >= 4 is 27.6 Å². The molecule has 15 nitrogen and oxygen atoms in total. The van der Waals surface area contributed by atoms with E-state index in [9.17, 15) is 43.8 Å². The number of rotatable bonds is 45. The lowest BCUT2D eigenvalue weighted by Gasteiger charge is -2.19. The average molecular weight is 975 g/mol. The average Bonchev–Trinajstić information content (AvgIpc) is 3.29. The largest absolute Gasteiger partial charge is 0.472 e. The lowest BCUT2D eigenvalue weighted by Crippen LogP contribution is -2.25. The summed E-state index contributed by atoms with van der Waals surface area (Å²) in [5.74, 6) is -1.13.